The van der Waals surface area contributed by atoms with Crippen molar-refractivity contribution in [2.45, 2.75) is 58.7 Å². The molecule has 0 bridgehead atoms. The summed E-state index contributed by atoms with van der Waals surface area (Å²) in [5.74, 6) is -1.20. The predicted octanol–water partition coefficient (Wildman–Crippen LogP) is 4.85. The van der Waals surface area contributed by atoms with Crippen molar-refractivity contribution in [3.8, 4) is 0 Å². The minimum atomic E-state index is -2.75. The summed E-state index contributed by atoms with van der Waals surface area (Å²) in [6, 6.07) is 7.48. The Bertz CT molecular complexity index is 1040. The van der Waals surface area contributed by atoms with Crippen molar-refractivity contribution in [3.63, 3.8) is 0 Å². The molecule has 2 unspecified atom stereocenters. The van der Waals surface area contributed by atoms with Gasteiger partial charge in [-0.15, -0.1) is 0 Å². The molecule has 1 aromatic heterocycles. The zero-order valence-electron chi connectivity index (χ0n) is 19.7. The van der Waals surface area contributed by atoms with Gasteiger partial charge in [0.05, 0.1) is 30.6 Å². The average molecular weight is 457 g/mol. The summed E-state index contributed by atoms with van der Waals surface area (Å²) in [6.07, 6.45) is 1.14. The highest BCUT2D eigenvalue weighted by atomic mass is 19.3. The van der Waals surface area contributed by atoms with Crippen LogP contribution in [0.25, 0.3) is 0 Å². The van der Waals surface area contributed by atoms with Crippen LogP contribution < -0.4 is 16.0 Å². The van der Waals surface area contributed by atoms with Gasteiger partial charge in [0.2, 0.25) is 0 Å². The Hall–Kier alpha value is -2.87. The lowest BCUT2D eigenvalue weighted by atomic mass is 9.88. The largest absolute Gasteiger partial charge is 0.351 e. The summed E-state index contributed by atoms with van der Waals surface area (Å²) in [5.41, 5.74) is 5.35. The zero-order chi connectivity index (χ0) is 23.8. The zero-order valence-corrected chi connectivity index (χ0v) is 19.7. The topological polar surface area (TPSA) is 57.2 Å². The second-order valence-corrected chi connectivity index (χ2v) is 9.37. The maximum absolute atomic E-state index is 13.8. The Morgan fingerprint density at radius 3 is 2.67 bits per heavy atom. The summed E-state index contributed by atoms with van der Waals surface area (Å²) >= 11 is 0. The van der Waals surface area contributed by atoms with Crippen molar-refractivity contribution in [2.75, 3.05) is 23.7 Å². The van der Waals surface area contributed by atoms with E-state index in [9.17, 15) is 8.78 Å². The molecule has 8 heteroatoms. The van der Waals surface area contributed by atoms with Gasteiger partial charge >= 0.3 is 0 Å². The SMILES string of the molecule is C=C(Nc1cc2n(n1)CCN(C(=C)Nc1ccc(C)c(C)c1)C2)C1CCNC(C(C)(F)F)C1. The maximum atomic E-state index is 13.8. The number of nitrogens with zero attached hydrogens (tertiary/aromatic N) is 3. The molecule has 0 spiro atoms. The molecule has 0 radical (unpaired) electrons. The van der Waals surface area contributed by atoms with Crippen LogP contribution in [0.1, 0.15) is 36.6 Å². The van der Waals surface area contributed by atoms with E-state index in [-0.39, 0.29) is 5.92 Å². The fraction of sp³-hybridized carbons (Fsp3) is 0.480. The van der Waals surface area contributed by atoms with E-state index in [1.807, 2.05) is 10.7 Å². The second-order valence-electron chi connectivity index (χ2n) is 9.37. The standard InChI is InChI=1S/C25H34F2N6/c1-16-6-7-21(12-17(16)2)30-19(4)32-10-11-33-22(15-32)14-24(31-33)29-18(3)20-8-9-28-23(13-20)25(5,26)27/h6-7,12,14,20,23,28,30H,3-4,8-11,13,15H2,1-2,5H3,(H,29,31). The highest BCUT2D eigenvalue weighted by molar-refractivity contribution is 5.51. The number of anilines is 2. The number of alkyl halides is 2. The molecule has 3 heterocycles. The summed E-state index contributed by atoms with van der Waals surface area (Å²) in [6.45, 7) is 16.3. The summed E-state index contributed by atoms with van der Waals surface area (Å²) in [5, 5.41) is 14.3. The lowest BCUT2D eigenvalue weighted by Gasteiger charge is -2.34. The number of fused-ring (bicyclic) bond motifs is 1. The van der Waals surface area contributed by atoms with Crippen LogP contribution in [0.15, 0.2) is 48.9 Å². The molecule has 178 valence electrons. The van der Waals surface area contributed by atoms with Crippen LogP contribution in [-0.2, 0) is 13.1 Å². The van der Waals surface area contributed by atoms with Gasteiger partial charge in [-0.2, -0.15) is 5.10 Å². The number of hydrogen-bond donors (Lipinski definition) is 3. The van der Waals surface area contributed by atoms with E-state index in [1.54, 1.807) is 0 Å². The van der Waals surface area contributed by atoms with Gasteiger partial charge in [0.1, 0.15) is 0 Å². The fourth-order valence-electron chi connectivity index (χ4n) is 4.51. The molecule has 0 aliphatic carbocycles. The van der Waals surface area contributed by atoms with Gasteiger partial charge < -0.3 is 20.9 Å². The third kappa shape index (κ3) is 5.38. The molecule has 0 amide bonds. The number of piperidine rings is 1. The number of benzene rings is 1. The molecule has 3 N–H and O–H groups in total. The molecule has 2 aliphatic rings. The third-order valence-corrected chi connectivity index (χ3v) is 6.77. The van der Waals surface area contributed by atoms with E-state index in [0.29, 0.717) is 25.3 Å². The van der Waals surface area contributed by atoms with Crippen LogP contribution in [0.3, 0.4) is 0 Å². The van der Waals surface area contributed by atoms with Crippen molar-refractivity contribution in [1.29, 1.82) is 0 Å². The molecule has 1 fully saturated rings. The molecule has 4 rings (SSSR count). The molecular formula is C25H34F2N6. The summed E-state index contributed by atoms with van der Waals surface area (Å²) in [7, 11) is 0. The molecular weight excluding hydrogens is 422 g/mol. The van der Waals surface area contributed by atoms with Gasteiger partial charge in [0.25, 0.3) is 5.92 Å². The smallest absolute Gasteiger partial charge is 0.260 e. The number of aryl methyl sites for hydroxylation is 2. The number of aromatic nitrogens is 2. The molecule has 2 aromatic rings. The average Bonchev–Trinajstić information content (AvgIpc) is 3.17. The predicted molar refractivity (Wildman–Crippen MR) is 129 cm³/mol. The van der Waals surface area contributed by atoms with Gasteiger partial charge in [0.15, 0.2) is 5.82 Å². The third-order valence-electron chi connectivity index (χ3n) is 6.77. The number of rotatable bonds is 7. The van der Waals surface area contributed by atoms with Crippen molar-refractivity contribution in [3.05, 3.63) is 65.8 Å². The first-order chi connectivity index (χ1) is 15.6. The fourth-order valence-corrected chi connectivity index (χ4v) is 4.51. The monoisotopic (exact) mass is 456 g/mol. The minimum Gasteiger partial charge on any atom is -0.351 e. The van der Waals surface area contributed by atoms with E-state index in [4.69, 9.17) is 0 Å². The highest BCUT2D eigenvalue weighted by Gasteiger charge is 2.38. The first-order valence-electron chi connectivity index (χ1n) is 11.5. The normalized spacial score (nSPS) is 20.8. The van der Waals surface area contributed by atoms with Gasteiger partial charge in [0, 0.05) is 36.8 Å². The summed E-state index contributed by atoms with van der Waals surface area (Å²) in [4.78, 5) is 2.20. The molecule has 1 aromatic carbocycles. The van der Waals surface area contributed by atoms with Crippen LogP contribution in [0.4, 0.5) is 20.3 Å². The first kappa shape index (κ1) is 23.3. The highest BCUT2D eigenvalue weighted by Crippen LogP contribution is 2.31. The molecule has 33 heavy (non-hydrogen) atoms. The molecule has 2 aliphatic heterocycles. The van der Waals surface area contributed by atoms with Crippen molar-refractivity contribution in [2.24, 2.45) is 5.92 Å². The van der Waals surface area contributed by atoms with E-state index < -0.39 is 12.0 Å². The quantitative estimate of drug-likeness (QED) is 0.556. The van der Waals surface area contributed by atoms with E-state index in [1.165, 1.54) is 11.1 Å². The summed E-state index contributed by atoms with van der Waals surface area (Å²) < 4.78 is 29.5. The number of hydrogen-bond acceptors (Lipinski definition) is 5. The Labute approximate surface area is 194 Å². The second kappa shape index (κ2) is 9.17. The van der Waals surface area contributed by atoms with Crippen LogP contribution in [0.2, 0.25) is 0 Å². The van der Waals surface area contributed by atoms with Crippen molar-refractivity contribution >= 4 is 11.5 Å². The Morgan fingerprint density at radius 1 is 1.15 bits per heavy atom. The first-order valence-corrected chi connectivity index (χ1v) is 11.5. The van der Waals surface area contributed by atoms with Crippen LogP contribution >= 0.6 is 0 Å². The number of allylic oxidation sites excluding steroid dienone is 1. The van der Waals surface area contributed by atoms with Gasteiger partial charge in [-0.05, 0) is 56.5 Å². The van der Waals surface area contributed by atoms with Gasteiger partial charge in [-0.3, -0.25) is 4.68 Å². The lowest BCUT2D eigenvalue weighted by Crippen LogP contribution is -2.48. The Kier molecular flexibility index (Phi) is 6.47. The molecule has 2 atom stereocenters. The molecule has 0 saturated carbocycles. The minimum absolute atomic E-state index is 0.0146. The Balaban J connectivity index is 1.36. The van der Waals surface area contributed by atoms with Crippen molar-refractivity contribution < 1.29 is 8.78 Å². The molecule has 1 saturated heterocycles. The van der Waals surface area contributed by atoms with E-state index >= 15 is 0 Å². The Morgan fingerprint density at radius 2 is 1.94 bits per heavy atom. The molecule has 6 nitrogen and oxygen atoms in total. The van der Waals surface area contributed by atoms with Gasteiger partial charge in [-0.25, -0.2) is 8.78 Å². The number of nitrogens with one attached hydrogen (secondary N) is 3. The van der Waals surface area contributed by atoms with Crippen LogP contribution in [-0.4, -0.2) is 39.7 Å². The van der Waals surface area contributed by atoms with Crippen LogP contribution in [0.5, 0.6) is 0 Å². The lowest BCUT2D eigenvalue weighted by molar-refractivity contribution is -0.0313. The van der Waals surface area contributed by atoms with Gasteiger partial charge in [-0.1, -0.05) is 19.2 Å². The van der Waals surface area contributed by atoms with Crippen LogP contribution in [0, 0.1) is 19.8 Å². The number of halogens is 2. The van der Waals surface area contributed by atoms with E-state index in [2.05, 4.69) is 71.2 Å². The van der Waals surface area contributed by atoms with Crippen molar-refractivity contribution in [1.82, 2.24) is 20.0 Å². The van der Waals surface area contributed by atoms with E-state index in [0.717, 1.165) is 49.3 Å². The maximum Gasteiger partial charge on any atom is 0.260 e.